The molecular formula is C19H30N2O. The van der Waals surface area contributed by atoms with Crippen LogP contribution in [0.2, 0.25) is 0 Å². The molecule has 1 aliphatic heterocycles. The van der Waals surface area contributed by atoms with Gasteiger partial charge < -0.3 is 10.2 Å². The molecule has 1 aromatic rings. The second-order valence-corrected chi connectivity index (χ2v) is 7.05. The highest BCUT2D eigenvalue weighted by atomic mass is 16.2. The summed E-state index contributed by atoms with van der Waals surface area (Å²) in [5, 5.41) is 3.71. The molecule has 0 unspecified atom stereocenters. The Labute approximate surface area is 135 Å². The molecule has 0 saturated carbocycles. The zero-order valence-corrected chi connectivity index (χ0v) is 14.6. The summed E-state index contributed by atoms with van der Waals surface area (Å²) in [6.07, 6.45) is 1.05. The molecule has 0 radical (unpaired) electrons. The van der Waals surface area contributed by atoms with Crippen molar-refractivity contribution in [1.82, 2.24) is 10.2 Å². The fraction of sp³-hybridized carbons (Fsp3) is 0.632. The van der Waals surface area contributed by atoms with Crippen LogP contribution in [0, 0.1) is 25.7 Å². The minimum Gasteiger partial charge on any atom is -0.342 e. The van der Waals surface area contributed by atoms with E-state index in [1.807, 2.05) is 18.7 Å². The first-order valence-electron chi connectivity index (χ1n) is 8.47. The van der Waals surface area contributed by atoms with E-state index in [4.69, 9.17) is 0 Å². The number of rotatable bonds is 4. The molecule has 1 aliphatic rings. The van der Waals surface area contributed by atoms with Gasteiger partial charge in [0, 0.05) is 31.6 Å². The lowest BCUT2D eigenvalue weighted by atomic mass is 9.92. The van der Waals surface area contributed by atoms with Crippen molar-refractivity contribution in [2.45, 2.75) is 53.6 Å². The molecule has 1 fully saturated rings. The summed E-state index contributed by atoms with van der Waals surface area (Å²) in [5.74, 6) is 0.896. The van der Waals surface area contributed by atoms with Crippen molar-refractivity contribution in [3.63, 3.8) is 0 Å². The average Bonchev–Trinajstić information content (AvgIpc) is 2.49. The van der Waals surface area contributed by atoms with Gasteiger partial charge in [0.15, 0.2) is 0 Å². The van der Waals surface area contributed by atoms with Crippen LogP contribution in [-0.2, 0) is 11.3 Å². The van der Waals surface area contributed by atoms with E-state index < -0.39 is 0 Å². The van der Waals surface area contributed by atoms with Crippen molar-refractivity contribution < 1.29 is 4.79 Å². The Balaban J connectivity index is 1.90. The molecule has 0 aromatic heterocycles. The molecule has 1 saturated heterocycles. The van der Waals surface area contributed by atoms with Gasteiger partial charge in [0.25, 0.3) is 0 Å². The number of likely N-dealkylation sites (tertiary alicyclic amines) is 1. The number of hydrogen-bond donors (Lipinski definition) is 1. The Morgan fingerprint density at radius 3 is 2.73 bits per heavy atom. The van der Waals surface area contributed by atoms with E-state index >= 15 is 0 Å². The van der Waals surface area contributed by atoms with Crippen LogP contribution in [0.1, 0.15) is 43.9 Å². The molecule has 22 heavy (non-hydrogen) atoms. The Kier molecular flexibility index (Phi) is 5.63. The van der Waals surface area contributed by atoms with Gasteiger partial charge in [-0.1, -0.05) is 39.0 Å². The number of carbonyl (C=O) groups excluding carboxylic acids is 1. The average molecular weight is 302 g/mol. The zero-order chi connectivity index (χ0) is 16.3. The number of piperidine rings is 1. The van der Waals surface area contributed by atoms with Crippen LogP contribution in [-0.4, -0.2) is 29.9 Å². The largest absolute Gasteiger partial charge is 0.342 e. The minimum atomic E-state index is 0.103. The molecule has 2 atom stereocenters. The Morgan fingerprint density at radius 1 is 1.36 bits per heavy atom. The minimum absolute atomic E-state index is 0.103. The smallest absolute Gasteiger partial charge is 0.225 e. The summed E-state index contributed by atoms with van der Waals surface area (Å²) < 4.78 is 0. The number of carbonyl (C=O) groups is 1. The number of aryl methyl sites for hydroxylation is 1. The normalized spacial score (nSPS) is 22.2. The highest BCUT2D eigenvalue weighted by Gasteiger charge is 2.29. The molecule has 1 amide bonds. The summed E-state index contributed by atoms with van der Waals surface area (Å²) in [6.45, 7) is 13.3. The second-order valence-electron chi connectivity index (χ2n) is 7.05. The van der Waals surface area contributed by atoms with Gasteiger partial charge in [-0.25, -0.2) is 0 Å². The Bertz CT molecular complexity index is 524. The summed E-state index contributed by atoms with van der Waals surface area (Å²) in [7, 11) is 0. The van der Waals surface area contributed by atoms with Gasteiger partial charge in [0.05, 0.1) is 0 Å². The maximum absolute atomic E-state index is 12.1. The lowest BCUT2D eigenvalue weighted by molar-refractivity contribution is -0.136. The van der Waals surface area contributed by atoms with Gasteiger partial charge in [-0.15, -0.1) is 0 Å². The van der Waals surface area contributed by atoms with Crippen LogP contribution in [0.15, 0.2) is 18.2 Å². The monoisotopic (exact) mass is 302 g/mol. The third-order valence-electron chi connectivity index (χ3n) is 4.98. The zero-order valence-electron chi connectivity index (χ0n) is 14.6. The first-order chi connectivity index (χ1) is 10.4. The van der Waals surface area contributed by atoms with Crippen molar-refractivity contribution >= 4 is 5.91 Å². The van der Waals surface area contributed by atoms with E-state index in [1.165, 1.54) is 16.7 Å². The van der Waals surface area contributed by atoms with Gasteiger partial charge >= 0.3 is 0 Å². The highest BCUT2D eigenvalue weighted by molar-refractivity contribution is 5.78. The Morgan fingerprint density at radius 2 is 2.09 bits per heavy atom. The van der Waals surface area contributed by atoms with E-state index in [9.17, 15) is 4.79 Å². The topological polar surface area (TPSA) is 32.3 Å². The van der Waals surface area contributed by atoms with Crippen molar-refractivity contribution in [1.29, 1.82) is 0 Å². The first kappa shape index (κ1) is 17.0. The second kappa shape index (κ2) is 7.28. The van der Waals surface area contributed by atoms with E-state index in [1.54, 1.807) is 0 Å². The molecule has 1 aromatic carbocycles. The quantitative estimate of drug-likeness (QED) is 0.925. The lowest BCUT2D eigenvalue weighted by Gasteiger charge is -2.38. The number of amides is 1. The van der Waals surface area contributed by atoms with Crippen molar-refractivity contribution in [2.75, 3.05) is 13.1 Å². The first-order valence-corrected chi connectivity index (χ1v) is 8.47. The van der Waals surface area contributed by atoms with Gasteiger partial charge in [0.1, 0.15) is 0 Å². The predicted octanol–water partition coefficient (Wildman–Crippen LogP) is 3.29. The molecule has 0 aliphatic carbocycles. The fourth-order valence-corrected chi connectivity index (χ4v) is 3.26. The molecule has 0 spiro atoms. The predicted molar refractivity (Wildman–Crippen MR) is 91.7 cm³/mol. The number of nitrogens with zero attached hydrogens (tertiary/aromatic N) is 1. The number of nitrogens with one attached hydrogen (secondary N) is 1. The summed E-state index contributed by atoms with van der Waals surface area (Å²) in [6, 6.07) is 7.00. The van der Waals surface area contributed by atoms with Crippen LogP contribution < -0.4 is 5.32 Å². The molecule has 0 bridgehead atoms. The molecule has 3 heteroatoms. The van der Waals surface area contributed by atoms with E-state index in [-0.39, 0.29) is 5.92 Å². The van der Waals surface area contributed by atoms with Crippen molar-refractivity contribution in [3.8, 4) is 0 Å². The van der Waals surface area contributed by atoms with Crippen molar-refractivity contribution in [2.24, 2.45) is 11.8 Å². The molecule has 122 valence electrons. The SMILES string of the molecule is Cc1cccc(CN[C@H]2CCN(C(=O)C(C)C)C[C@H]2C)c1C. The summed E-state index contributed by atoms with van der Waals surface area (Å²) in [4.78, 5) is 14.2. The van der Waals surface area contributed by atoms with Crippen molar-refractivity contribution in [3.05, 3.63) is 34.9 Å². The van der Waals surface area contributed by atoms with Crippen LogP contribution in [0.3, 0.4) is 0 Å². The molecule has 1 heterocycles. The van der Waals surface area contributed by atoms with E-state index in [0.717, 1.165) is 26.1 Å². The van der Waals surface area contributed by atoms with Crippen LogP contribution in [0.5, 0.6) is 0 Å². The molecule has 2 rings (SSSR count). The maximum Gasteiger partial charge on any atom is 0.225 e. The molecule has 3 nitrogen and oxygen atoms in total. The van der Waals surface area contributed by atoms with Gasteiger partial charge in [-0.2, -0.15) is 0 Å². The van der Waals surface area contributed by atoms with E-state index in [0.29, 0.717) is 17.9 Å². The number of benzene rings is 1. The third-order valence-corrected chi connectivity index (χ3v) is 4.98. The van der Waals surface area contributed by atoms with Crippen LogP contribution in [0.4, 0.5) is 0 Å². The van der Waals surface area contributed by atoms with Gasteiger partial charge in [0.2, 0.25) is 5.91 Å². The fourth-order valence-electron chi connectivity index (χ4n) is 3.26. The third kappa shape index (κ3) is 3.89. The maximum atomic E-state index is 12.1. The van der Waals surface area contributed by atoms with Gasteiger partial charge in [-0.3, -0.25) is 4.79 Å². The van der Waals surface area contributed by atoms with Gasteiger partial charge in [-0.05, 0) is 42.9 Å². The van der Waals surface area contributed by atoms with Crippen LogP contribution in [0.25, 0.3) is 0 Å². The standard InChI is InChI=1S/C19H30N2O/c1-13(2)19(22)21-10-9-18(15(4)12-21)20-11-17-8-6-7-14(3)16(17)5/h6-8,13,15,18,20H,9-12H2,1-5H3/t15-,18+/m1/s1. The summed E-state index contributed by atoms with van der Waals surface area (Å²) >= 11 is 0. The number of hydrogen-bond acceptors (Lipinski definition) is 2. The molecule has 1 N–H and O–H groups in total. The molecular weight excluding hydrogens is 272 g/mol. The van der Waals surface area contributed by atoms with E-state index in [2.05, 4.69) is 44.3 Å². The van der Waals surface area contributed by atoms with Crippen LogP contribution >= 0.6 is 0 Å². The lowest BCUT2D eigenvalue weighted by Crippen LogP contribution is -2.50. The highest BCUT2D eigenvalue weighted by Crippen LogP contribution is 2.20. The Hall–Kier alpha value is -1.35. The summed E-state index contributed by atoms with van der Waals surface area (Å²) in [5.41, 5.74) is 4.12.